The van der Waals surface area contributed by atoms with E-state index in [0.717, 1.165) is 11.3 Å². The van der Waals surface area contributed by atoms with Gasteiger partial charge in [0.25, 0.3) is 0 Å². The summed E-state index contributed by atoms with van der Waals surface area (Å²) in [5.74, 6) is 0.825. The van der Waals surface area contributed by atoms with Gasteiger partial charge >= 0.3 is 0 Å². The monoisotopic (exact) mass is 225 g/mol. The molecule has 0 aliphatic rings. The maximum absolute atomic E-state index is 9.20. The van der Waals surface area contributed by atoms with Crippen molar-refractivity contribution in [1.82, 2.24) is 5.32 Å². The highest BCUT2D eigenvalue weighted by molar-refractivity contribution is 5.28. The second-order valence-electron chi connectivity index (χ2n) is 3.74. The minimum absolute atomic E-state index is 0.132. The molecule has 0 amide bonds. The summed E-state index contributed by atoms with van der Waals surface area (Å²) in [5.41, 5.74) is 1.12. The lowest BCUT2D eigenvalue weighted by molar-refractivity contribution is 0.0924. The van der Waals surface area contributed by atoms with Crippen LogP contribution in [0.15, 0.2) is 24.3 Å². The molecule has 0 radical (unpaired) electrons. The molecular formula is C12H19NO3. The van der Waals surface area contributed by atoms with Crippen LogP contribution in [0, 0.1) is 0 Å². The summed E-state index contributed by atoms with van der Waals surface area (Å²) < 4.78 is 5.07. The van der Waals surface area contributed by atoms with Crippen LogP contribution in [-0.2, 0) is 0 Å². The molecule has 1 aromatic rings. The van der Waals surface area contributed by atoms with Gasteiger partial charge in [0, 0.05) is 12.6 Å². The Morgan fingerprint density at radius 1 is 1.31 bits per heavy atom. The molecule has 1 aromatic carbocycles. The van der Waals surface area contributed by atoms with Gasteiger partial charge in [0.1, 0.15) is 5.75 Å². The Bertz CT molecular complexity index is 300. The molecule has 2 atom stereocenters. The smallest absolute Gasteiger partial charge is 0.118 e. The molecule has 4 heteroatoms. The fourth-order valence-electron chi connectivity index (χ4n) is 1.39. The van der Waals surface area contributed by atoms with E-state index in [1.807, 2.05) is 31.2 Å². The van der Waals surface area contributed by atoms with E-state index in [1.54, 1.807) is 7.11 Å². The fraction of sp³-hybridized carbons (Fsp3) is 0.500. The van der Waals surface area contributed by atoms with Crippen molar-refractivity contribution >= 4 is 0 Å². The van der Waals surface area contributed by atoms with Crippen LogP contribution in [0.5, 0.6) is 5.75 Å². The Balaban J connectivity index is 2.49. The van der Waals surface area contributed by atoms with Crippen LogP contribution in [0.1, 0.15) is 18.5 Å². The molecule has 0 saturated carbocycles. The zero-order valence-corrected chi connectivity index (χ0v) is 9.68. The van der Waals surface area contributed by atoms with Gasteiger partial charge in [-0.05, 0) is 24.6 Å². The van der Waals surface area contributed by atoms with Gasteiger partial charge in [-0.3, -0.25) is 0 Å². The van der Waals surface area contributed by atoms with Gasteiger partial charge in [0.2, 0.25) is 0 Å². The second kappa shape index (κ2) is 6.48. The Hall–Kier alpha value is -1.10. The van der Waals surface area contributed by atoms with E-state index in [9.17, 15) is 5.11 Å². The topological polar surface area (TPSA) is 61.7 Å². The Morgan fingerprint density at radius 2 is 1.94 bits per heavy atom. The van der Waals surface area contributed by atoms with Gasteiger partial charge < -0.3 is 20.3 Å². The van der Waals surface area contributed by atoms with Crippen molar-refractivity contribution < 1.29 is 14.9 Å². The number of aliphatic hydroxyl groups excluding tert-OH is 2. The minimum atomic E-state index is -0.708. The Kier molecular flexibility index (Phi) is 5.25. The highest BCUT2D eigenvalue weighted by atomic mass is 16.5. The summed E-state index contributed by atoms with van der Waals surface area (Å²) in [5, 5.41) is 21.0. The molecule has 0 heterocycles. The molecule has 0 spiro atoms. The number of hydrogen-bond donors (Lipinski definition) is 3. The van der Waals surface area contributed by atoms with E-state index >= 15 is 0 Å². The van der Waals surface area contributed by atoms with E-state index in [-0.39, 0.29) is 12.6 Å². The van der Waals surface area contributed by atoms with Gasteiger partial charge in [-0.1, -0.05) is 12.1 Å². The standard InChI is InChI=1S/C12H19NO3/c1-9(13-7-11(15)8-14)10-3-5-12(16-2)6-4-10/h3-6,9,11,13-15H,7-8H2,1-2H3/t9-,11?/m0/s1. The van der Waals surface area contributed by atoms with Crippen molar-refractivity contribution in [3.05, 3.63) is 29.8 Å². The van der Waals surface area contributed by atoms with Crippen molar-refractivity contribution in [1.29, 1.82) is 0 Å². The number of hydrogen-bond acceptors (Lipinski definition) is 4. The highest BCUT2D eigenvalue weighted by Crippen LogP contribution is 2.16. The number of ether oxygens (including phenoxy) is 1. The minimum Gasteiger partial charge on any atom is -0.497 e. The summed E-state index contributed by atoms with van der Waals surface area (Å²) in [6, 6.07) is 7.88. The summed E-state index contributed by atoms with van der Waals surface area (Å²) in [6.07, 6.45) is -0.708. The lowest BCUT2D eigenvalue weighted by atomic mass is 10.1. The second-order valence-corrected chi connectivity index (χ2v) is 3.74. The van der Waals surface area contributed by atoms with Crippen molar-refractivity contribution in [2.75, 3.05) is 20.3 Å². The lowest BCUT2D eigenvalue weighted by Gasteiger charge is -2.16. The first kappa shape index (κ1) is 13.0. The van der Waals surface area contributed by atoms with Crippen LogP contribution in [0.25, 0.3) is 0 Å². The van der Waals surface area contributed by atoms with Gasteiger partial charge in [0.05, 0.1) is 19.8 Å². The third-order valence-corrected chi connectivity index (χ3v) is 2.49. The van der Waals surface area contributed by atoms with Gasteiger partial charge in [-0.15, -0.1) is 0 Å². The van der Waals surface area contributed by atoms with Crippen LogP contribution < -0.4 is 10.1 Å². The van der Waals surface area contributed by atoms with E-state index in [2.05, 4.69) is 5.32 Å². The van der Waals surface area contributed by atoms with Crippen molar-refractivity contribution in [2.24, 2.45) is 0 Å². The number of nitrogens with one attached hydrogen (secondary N) is 1. The molecule has 0 bridgehead atoms. The van der Waals surface area contributed by atoms with E-state index < -0.39 is 6.10 Å². The maximum Gasteiger partial charge on any atom is 0.118 e. The average molecular weight is 225 g/mol. The molecule has 1 rings (SSSR count). The van der Waals surface area contributed by atoms with Crippen molar-refractivity contribution in [3.8, 4) is 5.75 Å². The molecule has 3 N–H and O–H groups in total. The first-order chi connectivity index (χ1) is 7.67. The van der Waals surface area contributed by atoms with Crippen LogP contribution in [0.2, 0.25) is 0 Å². The van der Waals surface area contributed by atoms with Crippen molar-refractivity contribution in [2.45, 2.75) is 19.1 Å². The van der Waals surface area contributed by atoms with Gasteiger partial charge in [0.15, 0.2) is 0 Å². The highest BCUT2D eigenvalue weighted by Gasteiger charge is 2.07. The number of benzene rings is 1. The molecule has 0 aromatic heterocycles. The SMILES string of the molecule is COc1ccc([C@H](C)NCC(O)CO)cc1. The Morgan fingerprint density at radius 3 is 2.44 bits per heavy atom. The molecule has 0 fully saturated rings. The molecule has 16 heavy (non-hydrogen) atoms. The molecule has 90 valence electrons. The zero-order chi connectivity index (χ0) is 12.0. The van der Waals surface area contributed by atoms with E-state index in [0.29, 0.717) is 6.54 Å². The van der Waals surface area contributed by atoms with Crippen LogP contribution >= 0.6 is 0 Å². The van der Waals surface area contributed by atoms with Crippen LogP contribution in [0.3, 0.4) is 0 Å². The average Bonchev–Trinajstić information content (AvgIpc) is 2.35. The molecular weight excluding hydrogens is 206 g/mol. The summed E-state index contributed by atoms with van der Waals surface area (Å²) in [6.45, 7) is 2.16. The Labute approximate surface area is 95.9 Å². The normalized spacial score (nSPS) is 14.5. The first-order valence-corrected chi connectivity index (χ1v) is 5.33. The number of aliphatic hydroxyl groups is 2. The third-order valence-electron chi connectivity index (χ3n) is 2.49. The first-order valence-electron chi connectivity index (χ1n) is 5.33. The third kappa shape index (κ3) is 3.81. The predicted molar refractivity (Wildman–Crippen MR) is 62.5 cm³/mol. The summed E-state index contributed by atoms with van der Waals surface area (Å²) in [4.78, 5) is 0. The largest absolute Gasteiger partial charge is 0.497 e. The predicted octanol–water partition coefficient (Wildman–Crippen LogP) is 0.699. The van der Waals surface area contributed by atoms with Crippen LogP contribution in [0.4, 0.5) is 0 Å². The zero-order valence-electron chi connectivity index (χ0n) is 9.68. The molecule has 0 aliphatic heterocycles. The molecule has 0 aliphatic carbocycles. The number of rotatable bonds is 6. The van der Waals surface area contributed by atoms with E-state index in [1.165, 1.54) is 0 Å². The van der Waals surface area contributed by atoms with Gasteiger partial charge in [-0.2, -0.15) is 0 Å². The summed E-state index contributed by atoms with van der Waals surface area (Å²) >= 11 is 0. The number of methoxy groups -OCH3 is 1. The molecule has 1 unspecified atom stereocenters. The molecule has 4 nitrogen and oxygen atoms in total. The molecule has 0 saturated heterocycles. The quantitative estimate of drug-likeness (QED) is 0.667. The maximum atomic E-state index is 9.20. The van der Waals surface area contributed by atoms with Crippen molar-refractivity contribution in [3.63, 3.8) is 0 Å². The van der Waals surface area contributed by atoms with Crippen LogP contribution in [-0.4, -0.2) is 36.6 Å². The lowest BCUT2D eigenvalue weighted by Crippen LogP contribution is -2.31. The van der Waals surface area contributed by atoms with Gasteiger partial charge in [-0.25, -0.2) is 0 Å². The van der Waals surface area contributed by atoms with E-state index in [4.69, 9.17) is 9.84 Å². The fourth-order valence-corrected chi connectivity index (χ4v) is 1.39. The summed E-state index contributed by atoms with van der Waals surface area (Å²) in [7, 11) is 1.63.